The number of H-pyrrole nitrogens is 1. The molecular weight excluding hydrogens is 196 g/mol. The highest BCUT2D eigenvalue weighted by atomic mass is 16.5. The highest BCUT2D eigenvalue weighted by Crippen LogP contribution is 2.08. The minimum Gasteiger partial charge on any atom is -0.490 e. The van der Waals surface area contributed by atoms with E-state index >= 15 is 0 Å². The van der Waals surface area contributed by atoms with Crippen LogP contribution in [0.1, 0.15) is 0 Å². The predicted molar refractivity (Wildman–Crippen MR) is 52.4 cm³/mol. The van der Waals surface area contributed by atoms with E-state index in [1.165, 1.54) is 25.7 Å². The molecular formula is C9H8N4O2. The van der Waals surface area contributed by atoms with Gasteiger partial charge in [0.25, 0.3) is 5.56 Å². The first-order valence-electron chi connectivity index (χ1n) is 4.21. The van der Waals surface area contributed by atoms with Crippen LogP contribution in [-0.4, -0.2) is 27.0 Å². The smallest absolute Gasteiger partial charge is 0.293 e. The maximum Gasteiger partial charge on any atom is 0.293 e. The number of hydrogen-bond acceptors (Lipinski definition) is 5. The van der Waals surface area contributed by atoms with Gasteiger partial charge in [0.1, 0.15) is 5.69 Å². The van der Waals surface area contributed by atoms with Gasteiger partial charge in [0, 0.05) is 12.4 Å². The van der Waals surface area contributed by atoms with Crippen LogP contribution in [0, 0.1) is 0 Å². The highest BCUT2D eigenvalue weighted by molar-refractivity contribution is 5.46. The SMILES string of the molecule is COc1cnc(-c2cnccn2)[nH]c1=O. The van der Waals surface area contributed by atoms with E-state index in [1.54, 1.807) is 6.20 Å². The summed E-state index contributed by atoms with van der Waals surface area (Å²) < 4.78 is 4.79. The zero-order valence-corrected chi connectivity index (χ0v) is 7.97. The molecule has 2 aromatic heterocycles. The summed E-state index contributed by atoms with van der Waals surface area (Å²) in [5.41, 5.74) is 0.172. The molecule has 0 amide bonds. The topological polar surface area (TPSA) is 80.8 Å². The van der Waals surface area contributed by atoms with Crippen LogP contribution in [0.3, 0.4) is 0 Å². The van der Waals surface area contributed by atoms with Crippen molar-refractivity contribution in [2.75, 3.05) is 7.11 Å². The van der Waals surface area contributed by atoms with Crippen molar-refractivity contribution < 1.29 is 4.74 Å². The van der Waals surface area contributed by atoms with Gasteiger partial charge < -0.3 is 9.72 Å². The van der Waals surface area contributed by atoms with Crippen molar-refractivity contribution in [1.29, 1.82) is 0 Å². The van der Waals surface area contributed by atoms with Crippen molar-refractivity contribution in [1.82, 2.24) is 19.9 Å². The quantitative estimate of drug-likeness (QED) is 0.757. The fraction of sp³-hybridized carbons (Fsp3) is 0.111. The van der Waals surface area contributed by atoms with Crippen LogP contribution in [0.4, 0.5) is 0 Å². The predicted octanol–water partition coefficient (Wildman–Crippen LogP) is 0.235. The molecule has 0 saturated heterocycles. The number of methoxy groups -OCH3 is 1. The molecule has 2 rings (SSSR count). The van der Waals surface area contributed by atoms with Gasteiger partial charge in [-0.3, -0.25) is 9.78 Å². The molecule has 2 heterocycles. The normalized spacial score (nSPS) is 9.93. The zero-order valence-electron chi connectivity index (χ0n) is 7.97. The van der Waals surface area contributed by atoms with Gasteiger partial charge in [-0.05, 0) is 0 Å². The number of aromatic nitrogens is 4. The Balaban J connectivity index is 2.48. The third-order valence-corrected chi connectivity index (χ3v) is 1.79. The Bertz CT molecular complexity index is 509. The molecule has 0 radical (unpaired) electrons. The van der Waals surface area contributed by atoms with E-state index in [4.69, 9.17) is 4.74 Å². The van der Waals surface area contributed by atoms with Crippen molar-refractivity contribution in [3.63, 3.8) is 0 Å². The molecule has 2 aromatic rings. The maximum absolute atomic E-state index is 11.4. The molecule has 1 N–H and O–H groups in total. The van der Waals surface area contributed by atoms with Gasteiger partial charge >= 0.3 is 0 Å². The summed E-state index contributed by atoms with van der Waals surface area (Å²) in [6.45, 7) is 0. The van der Waals surface area contributed by atoms with E-state index in [9.17, 15) is 4.79 Å². The maximum atomic E-state index is 11.4. The van der Waals surface area contributed by atoms with E-state index in [0.29, 0.717) is 11.5 Å². The molecule has 0 aliphatic rings. The van der Waals surface area contributed by atoms with Crippen LogP contribution in [0.15, 0.2) is 29.6 Å². The molecule has 6 nitrogen and oxygen atoms in total. The average Bonchev–Trinajstić information content (AvgIpc) is 2.30. The average molecular weight is 204 g/mol. The lowest BCUT2D eigenvalue weighted by atomic mass is 10.4. The van der Waals surface area contributed by atoms with Gasteiger partial charge in [0.05, 0.1) is 19.5 Å². The molecule has 76 valence electrons. The van der Waals surface area contributed by atoms with Crippen molar-refractivity contribution >= 4 is 0 Å². The van der Waals surface area contributed by atoms with Gasteiger partial charge in [0.15, 0.2) is 5.82 Å². The molecule has 0 aliphatic carbocycles. The summed E-state index contributed by atoms with van der Waals surface area (Å²) in [5, 5.41) is 0. The second kappa shape index (κ2) is 3.87. The summed E-state index contributed by atoms with van der Waals surface area (Å²) >= 11 is 0. The second-order valence-electron chi connectivity index (χ2n) is 2.72. The Labute approximate surface area is 85.0 Å². The van der Waals surface area contributed by atoms with Crippen molar-refractivity contribution in [2.45, 2.75) is 0 Å². The number of nitrogens with one attached hydrogen (secondary N) is 1. The molecule has 0 fully saturated rings. The van der Waals surface area contributed by atoms with E-state index in [1.807, 2.05) is 0 Å². The molecule has 0 aromatic carbocycles. The van der Waals surface area contributed by atoms with Gasteiger partial charge in [-0.1, -0.05) is 0 Å². The number of ether oxygens (including phenoxy) is 1. The van der Waals surface area contributed by atoms with Crippen LogP contribution in [0.5, 0.6) is 5.75 Å². The van der Waals surface area contributed by atoms with Gasteiger partial charge in [-0.2, -0.15) is 0 Å². The van der Waals surface area contributed by atoms with E-state index in [2.05, 4.69) is 19.9 Å². The minimum absolute atomic E-state index is 0.169. The third-order valence-electron chi connectivity index (χ3n) is 1.79. The number of rotatable bonds is 2. The summed E-state index contributed by atoms with van der Waals surface area (Å²) in [6.07, 6.45) is 5.94. The van der Waals surface area contributed by atoms with Crippen LogP contribution in [0.2, 0.25) is 0 Å². The molecule has 0 saturated carbocycles. The second-order valence-corrected chi connectivity index (χ2v) is 2.72. The summed E-state index contributed by atoms with van der Waals surface area (Å²) in [6, 6.07) is 0. The monoisotopic (exact) mass is 204 g/mol. The first-order chi connectivity index (χ1) is 7.31. The zero-order chi connectivity index (χ0) is 10.7. The van der Waals surface area contributed by atoms with Gasteiger partial charge in [-0.15, -0.1) is 0 Å². The fourth-order valence-electron chi connectivity index (χ4n) is 1.08. The largest absolute Gasteiger partial charge is 0.490 e. The fourth-order valence-corrected chi connectivity index (χ4v) is 1.08. The molecule has 6 heteroatoms. The molecule has 0 bridgehead atoms. The number of nitrogens with zero attached hydrogens (tertiary/aromatic N) is 3. The summed E-state index contributed by atoms with van der Waals surface area (Å²) in [7, 11) is 1.41. The Kier molecular flexibility index (Phi) is 2.40. The molecule has 0 aliphatic heterocycles. The Morgan fingerprint density at radius 3 is 2.73 bits per heavy atom. The van der Waals surface area contributed by atoms with Crippen LogP contribution in [0.25, 0.3) is 11.5 Å². The Morgan fingerprint density at radius 2 is 2.13 bits per heavy atom. The van der Waals surface area contributed by atoms with Gasteiger partial charge in [-0.25, -0.2) is 9.97 Å². The molecule has 0 atom stereocenters. The Hall–Kier alpha value is -2.24. The Morgan fingerprint density at radius 1 is 1.27 bits per heavy atom. The third kappa shape index (κ3) is 1.83. The lowest BCUT2D eigenvalue weighted by Crippen LogP contribution is -2.11. The number of hydrogen-bond donors (Lipinski definition) is 1. The van der Waals surface area contributed by atoms with E-state index in [0.717, 1.165) is 0 Å². The van der Waals surface area contributed by atoms with Gasteiger partial charge in [0.2, 0.25) is 5.75 Å². The van der Waals surface area contributed by atoms with E-state index in [-0.39, 0.29) is 11.3 Å². The molecule has 0 unspecified atom stereocenters. The molecule has 15 heavy (non-hydrogen) atoms. The van der Waals surface area contributed by atoms with Crippen LogP contribution in [-0.2, 0) is 0 Å². The lowest BCUT2D eigenvalue weighted by molar-refractivity contribution is 0.406. The van der Waals surface area contributed by atoms with Crippen LogP contribution < -0.4 is 10.3 Å². The van der Waals surface area contributed by atoms with Crippen molar-refractivity contribution in [3.8, 4) is 17.3 Å². The minimum atomic E-state index is -0.340. The lowest BCUT2D eigenvalue weighted by Gasteiger charge is -2.00. The first kappa shape index (κ1) is 9.32. The number of aromatic amines is 1. The molecule has 0 spiro atoms. The van der Waals surface area contributed by atoms with Crippen LogP contribution >= 0.6 is 0 Å². The highest BCUT2D eigenvalue weighted by Gasteiger charge is 2.04. The standard InChI is InChI=1S/C9H8N4O2/c1-15-7-5-12-8(13-9(7)14)6-4-10-2-3-11-6/h2-5H,1H3,(H,12,13,14). The van der Waals surface area contributed by atoms with Crippen molar-refractivity contribution in [3.05, 3.63) is 35.1 Å². The summed E-state index contributed by atoms with van der Waals surface area (Å²) in [4.78, 5) is 25.8. The first-order valence-corrected chi connectivity index (χ1v) is 4.21. The van der Waals surface area contributed by atoms with E-state index < -0.39 is 0 Å². The summed E-state index contributed by atoms with van der Waals surface area (Å²) in [5.74, 6) is 0.538. The van der Waals surface area contributed by atoms with Crippen molar-refractivity contribution in [2.24, 2.45) is 0 Å².